The second-order valence-electron chi connectivity index (χ2n) is 9.75. The first-order valence-corrected chi connectivity index (χ1v) is 12.1. The molecule has 4 heterocycles. The fourth-order valence-corrected chi connectivity index (χ4v) is 6.11. The average Bonchev–Trinajstić information content (AvgIpc) is 3.30. The van der Waals surface area contributed by atoms with E-state index in [1.807, 2.05) is 31.0 Å². The van der Waals surface area contributed by atoms with Gasteiger partial charge in [0.15, 0.2) is 16.6 Å². The maximum absolute atomic E-state index is 15.6. The predicted molar refractivity (Wildman–Crippen MR) is 128 cm³/mol. The zero-order valence-corrected chi connectivity index (χ0v) is 20.1. The van der Waals surface area contributed by atoms with Gasteiger partial charge in [-0.05, 0) is 57.2 Å². The molecule has 10 heteroatoms. The number of phenols is 1. The molecular formula is C24H26FN7OS. The Balaban J connectivity index is 1.37. The second kappa shape index (κ2) is 8.25. The number of rotatable bonds is 4. The molecule has 2 aliphatic rings. The highest BCUT2D eigenvalue weighted by Crippen LogP contribution is 2.43. The molecule has 3 aromatic rings. The van der Waals surface area contributed by atoms with Crippen molar-refractivity contribution >= 4 is 17.2 Å². The third-order valence-corrected chi connectivity index (χ3v) is 8.10. The van der Waals surface area contributed by atoms with Crippen molar-refractivity contribution in [3.05, 3.63) is 35.6 Å². The first kappa shape index (κ1) is 22.6. The van der Waals surface area contributed by atoms with Gasteiger partial charge < -0.3 is 15.3 Å². The van der Waals surface area contributed by atoms with Crippen LogP contribution in [0.1, 0.15) is 44.5 Å². The minimum atomic E-state index is -1.04. The summed E-state index contributed by atoms with van der Waals surface area (Å²) in [6, 6.07) is 6.80. The molecular weight excluding hydrogens is 453 g/mol. The molecule has 0 amide bonds. The molecule has 0 spiro atoms. The molecule has 2 bridgehead atoms. The normalized spacial score (nSPS) is 28.3. The van der Waals surface area contributed by atoms with Crippen LogP contribution < -0.4 is 10.2 Å². The molecule has 4 atom stereocenters. The Hall–Kier alpha value is -3.16. The Labute approximate surface area is 201 Å². The van der Waals surface area contributed by atoms with Crippen LogP contribution in [0.4, 0.5) is 10.2 Å². The van der Waals surface area contributed by atoms with Crippen LogP contribution in [0.15, 0.2) is 30.6 Å². The Bertz CT molecular complexity index is 1260. The standard InChI is InChI=1S/C24H26FN7OS/c1-23-7-4-8-24(2,31-23)21(25)16(10-23)32(3)19-13-28-22(30-29-19)15-6-5-14(9-17(15)33)18-12-27-20(11-26)34-18/h5-6,9,12-13,16,21,31,33H,4,7-8,10H2,1-3H3/t16-,21-,23-,24+/m0/s1. The van der Waals surface area contributed by atoms with Gasteiger partial charge >= 0.3 is 0 Å². The number of nitrogens with zero attached hydrogens (tertiary/aromatic N) is 6. The minimum absolute atomic E-state index is 0.00293. The zero-order chi connectivity index (χ0) is 24.1. The van der Waals surface area contributed by atoms with Crippen molar-refractivity contribution in [2.75, 3.05) is 11.9 Å². The van der Waals surface area contributed by atoms with Gasteiger partial charge in [-0.3, -0.25) is 0 Å². The van der Waals surface area contributed by atoms with E-state index >= 15 is 4.39 Å². The second-order valence-corrected chi connectivity index (χ2v) is 10.8. The van der Waals surface area contributed by atoms with Crippen LogP contribution in [-0.4, -0.2) is 55.6 Å². The first-order valence-electron chi connectivity index (χ1n) is 11.3. The van der Waals surface area contributed by atoms with Crippen molar-refractivity contribution in [2.45, 2.75) is 62.8 Å². The fraction of sp³-hybridized carbons (Fsp3) is 0.458. The molecule has 2 fully saturated rings. The van der Waals surface area contributed by atoms with Crippen LogP contribution in [0, 0.1) is 11.3 Å². The van der Waals surface area contributed by atoms with E-state index in [1.165, 1.54) is 11.3 Å². The molecule has 1 aromatic carbocycles. The lowest BCUT2D eigenvalue weighted by Crippen LogP contribution is -2.72. The SMILES string of the molecule is CN(c1cnc(-c2ccc(-c3cnc(C#N)s3)cc2O)nn1)[C@H]1C[C@]2(C)CCC[C@@](C)(N2)[C@H]1F. The molecule has 0 unspecified atom stereocenters. The van der Waals surface area contributed by atoms with Crippen LogP contribution in [0.25, 0.3) is 21.8 Å². The van der Waals surface area contributed by atoms with Crippen molar-refractivity contribution in [1.29, 1.82) is 5.26 Å². The van der Waals surface area contributed by atoms with Gasteiger partial charge in [-0.2, -0.15) is 5.26 Å². The highest BCUT2D eigenvalue weighted by atomic mass is 32.1. The Morgan fingerprint density at radius 3 is 2.74 bits per heavy atom. The van der Waals surface area contributed by atoms with Crippen molar-refractivity contribution in [3.8, 4) is 33.6 Å². The van der Waals surface area contributed by atoms with Gasteiger partial charge in [-0.25, -0.2) is 14.4 Å². The van der Waals surface area contributed by atoms with E-state index in [9.17, 15) is 5.11 Å². The third kappa shape index (κ3) is 3.89. The molecule has 0 radical (unpaired) electrons. The van der Waals surface area contributed by atoms with Gasteiger partial charge in [0.05, 0.1) is 22.7 Å². The number of nitriles is 1. The number of benzene rings is 1. The quantitative estimate of drug-likeness (QED) is 0.576. The molecule has 2 N–H and O–H groups in total. The Morgan fingerprint density at radius 1 is 1.24 bits per heavy atom. The van der Waals surface area contributed by atoms with E-state index in [2.05, 4.69) is 32.4 Å². The summed E-state index contributed by atoms with van der Waals surface area (Å²) in [6.45, 7) is 4.14. The highest BCUT2D eigenvalue weighted by Gasteiger charge is 2.53. The summed E-state index contributed by atoms with van der Waals surface area (Å²) in [5.74, 6) is 0.776. The fourth-order valence-electron chi connectivity index (χ4n) is 5.40. The van der Waals surface area contributed by atoms with E-state index in [0.717, 1.165) is 29.7 Å². The molecule has 176 valence electrons. The summed E-state index contributed by atoms with van der Waals surface area (Å²) in [5.41, 5.74) is 0.534. The van der Waals surface area contributed by atoms with E-state index < -0.39 is 11.7 Å². The van der Waals surface area contributed by atoms with Crippen molar-refractivity contribution in [3.63, 3.8) is 0 Å². The smallest absolute Gasteiger partial charge is 0.194 e. The number of anilines is 1. The van der Waals surface area contributed by atoms with Crippen LogP contribution in [0.2, 0.25) is 0 Å². The number of aromatic hydroxyl groups is 1. The molecule has 0 aliphatic carbocycles. The van der Waals surface area contributed by atoms with Crippen LogP contribution in [0.3, 0.4) is 0 Å². The van der Waals surface area contributed by atoms with Crippen molar-refractivity contribution in [1.82, 2.24) is 25.5 Å². The largest absolute Gasteiger partial charge is 0.507 e. The lowest BCUT2D eigenvalue weighted by molar-refractivity contribution is 0.00193. The number of hydrogen-bond acceptors (Lipinski definition) is 9. The summed E-state index contributed by atoms with van der Waals surface area (Å²) >= 11 is 1.25. The molecule has 5 rings (SSSR count). The van der Waals surface area contributed by atoms with E-state index in [0.29, 0.717) is 22.8 Å². The maximum Gasteiger partial charge on any atom is 0.194 e. The summed E-state index contributed by atoms with van der Waals surface area (Å²) in [5, 5.41) is 32.0. The number of nitrogens with one attached hydrogen (secondary N) is 1. The lowest BCUT2D eigenvalue weighted by Gasteiger charge is -2.56. The molecule has 2 saturated heterocycles. The molecule has 2 aliphatic heterocycles. The average molecular weight is 480 g/mol. The first-order chi connectivity index (χ1) is 16.2. The van der Waals surface area contributed by atoms with Crippen molar-refractivity contribution in [2.24, 2.45) is 0 Å². The summed E-state index contributed by atoms with van der Waals surface area (Å²) < 4.78 is 15.6. The number of hydrogen-bond donors (Lipinski definition) is 2. The third-order valence-electron chi connectivity index (χ3n) is 7.15. The number of phenolic OH excluding ortho intramolecular Hbond substituents is 1. The Morgan fingerprint density at radius 2 is 2.06 bits per heavy atom. The molecule has 2 aromatic heterocycles. The number of thiazole rings is 1. The van der Waals surface area contributed by atoms with Crippen LogP contribution in [-0.2, 0) is 0 Å². The van der Waals surface area contributed by atoms with E-state index in [1.54, 1.807) is 24.5 Å². The van der Waals surface area contributed by atoms with Gasteiger partial charge in [-0.15, -0.1) is 21.5 Å². The van der Waals surface area contributed by atoms with Gasteiger partial charge in [0.25, 0.3) is 0 Å². The molecule has 34 heavy (non-hydrogen) atoms. The number of piperidine rings is 2. The zero-order valence-electron chi connectivity index (χ0n) is 19.3. The van der Waals surface area contributed by atoms with Gasteiger partial charge in [-0.1, -0.05) is 6.07 Å². The number of fused-ring (bicyclic) bond motifs is 2. The van der Waals surface area contributed by atoms with E-state index in [-0.39, 0.29) is 23.2 Å². The molecule has 8 nitrogen and oxygen atoms in total. The Kier molecular flexibility index (Phi) is 5.49. The summed E-state index contributed by atoms with van der Waals surface area (Å²) in [6.07, 6.45) is 5.68. The number of alkyl halides is 1. The highest BCUT2D eigenvalue weighted by molar-refractivity contribution is 7.15. The van der Waals surface area contributed by atoms with Crippen molar-refractivity contribution < 1.29 is 9.50 Å². The summed E-state index contributed by atoms with van der Waals surface area (Å²) in [4.78, 5) is 11.1. The number of halogens is 1. The van der Waals surface area contributed by atoms with Crippen LogP contribution in [0.5, 0.6) is 5.75 Å². The van der Waals surface area contributed by atoms with Gasteiger partial charge in [0.2, 0.25) is 0 Å². The van der Waals surface area contributed by atoms with Gasteiger partial charge in [0.1, 0.15) is 18.0 Å². The van der Waals surface area contributed by atoms with E-state index in [4.69, 9.17) is 5.26 Å². The minimum Gasteiger partial charge on any atom is -0.507 e. The lowest BCUT2D eigenvalue weighted by atomic mass is 9.68. The molecule has 0 saturated carbocycles. The topological polar surface area (TPSA) is 111 Å². The van der Waals surface area contributed by atoms with Gasteiger partial charge in [0, 0.05) is 24.3 Å². The monoisotopic (exact) mass is 479 g/mol. The predicted octanol–water partition coefficient (Wildman–Crippen LogP) is 4.08. The number of aromatic nitrogens is 4. The summed E-state index contributed by atoms with van der Waals surface area (Å²) in [7, 11) is 1.84. The maximum atomic E-state index is 15.6. The van der Waals surface area contributed by atoms with Crippen LogP contribution >= 0.6 is 11.3 Å².